The Hall–Kier alpha value is -4.34. The molecule has 2 aromatic heterocycles. The highest BCUT2D eigenvalue weighted by Gasteiger charge is 2.13. The molecule has 0 unspecified atom stereocenters. The van der Waals surface area contributed by atoms with Crippen molar-refractivity contribution in [3.63, 3.8) is 0 Å². The summed E-state index contributed by atoms with van der Waals surface area (Å²) >= 11 is 0. The molecule has 2 heterocycles. The Bertz CT molecular complexity index is 1180. The summed E-state index contributed by atoms with van der Waals surface area (Å²) in [6.07, 6.45) is 4.58. The minimum atomic E-state index is -2.89. The third kappa shape index (κ3) is 5.04. The van der Waals surface area contributed by atoms with Crippen molar-refractivity contribution < 1.29 is 18.3 Å². The van der Waals surface area contributed by atoms with E-state index in [1.54, 1.807) is 48.7 Å². The lowest BCUT2D eigenvalue weighted by molar-refractivity contribution is -0.0498. The number of carbonyl (C=O) groups is 1. The molecule has 10 heteroatoms. The van der Waals surface area contributed by atoms with Gasteiger partial charge in [0.15, 0.2) is 5.82 Å². The van der Waals surface area contributed by atoms with Crippen LogP contribution >= 0.6 is 0 Å². The van der Waals surface area contributed by atoms with Crippen LogP contribution in [-0.2, 0) is 6.54 Å². The van der Waals surface area contributed by atoms with Crippen LogP contribution in [0.2, 0.25) is 0 Å². The van der Waals surface area contributed by atoms with Crippen molar-refractivity contribution in [1.82, 2.24) is 25.1 Å². The second-order valence-corrected chi connectivity index (χ2v) is 6.58. The molecular weight excluding hydrogens is 418 g/mol. The molecule has 0 atom stereocenters. The minimum Gasteiger partial charge on any atom is -0.435 e. The van der Waals surface area contributed by atoms with Crippen LogP contribution in [0.5, 0.6) is 5.75 Å². The molecule has 0 aliphatic rings. The Balaban J connectivity index is 1.47. The number of alkyl halides is 2. The Labute approximate surface area is 181 Å². The number of anilines is 2. The maximum Gasteiger partial charge on any atom is 0.387 e. The van der Waals surface area contributed by atoms with Gasteiger partial charge in [0.2, 0.25) is 0 Å². The molecule has 4 aromatic rings. The number of para-hydroxylation sites is 1. The van der Waals surface area contributed by atoms with E-state index in [4.69, 9.17) is 0 Å². The van der Waals surface area contributed by atoms with Crippen molar-refractivity contribution in [2.75, 3.05) is 5.32 Å². The lowest BCUT2D eigenvalue weighted by Gasteiger charge is -2.14. The van der Waals surface area contributed by atoms with Crippen LogP contribution in [0, 0.1) is 0 Å². The number of ether oxygens (including phenoxy) is 1. The number of hydrogen-bond donors (Lipinski definition) is 2. The summed E-state index contributed by atoms with van der Waals surface area (Å²) in [6.45, 7) is -2.65. The second kappa shape index (κ2) is 9.65. The van der Waals surface area contributed by atoms with Crippen molar-refractivity contribution in [2.24, 2.45) is 0 Å². The topological polar surface area (TPSA) is 94.0 Å². The molecule has 1 amide bonds. The highest BCUT2D eigenvalue weighted by atomic mass is 19.3. The van der Waals surface area contributed by atoms with Gasteiger partial charge in [0.1, 0.15) is 18.4 Å². The number of nitrogens with zero attached hydrogens (tertiary/aromatic N) is 4. The molecule has 0 spiro atoms. The van der Waals surface area contributed by atoms with Crippen LogP contribution < -0.4 is 15.4 Å². The Morgan fingerprint density at radius 2 is 1.88 bits per heavy atom. The summed E-state index contributed by atoms with van der Waals surface area (Å²) in [5.74, 6) is 0.332. The molecule has 0 bridgehead atoms. The van der Waals surface area contributed by atoms with Gasteiger partial charge in [-0.2, -0.15) is 13.9 Å². The molecule has 0 radical (unpaired) electrons. The average molecular weight is 436 g/mol. The van der Waals surface area contributed by atoms with Gasteiger partial charge in [-0.3, -0.25) is 4.79 Å². The predicted octanol–water partition coefficient (Wildman–Crippen LogP) is 3.94. The average Bonchev–Trinajstić information content (AvgIpc) is 3.34. The van der Waals surface area contributed by atoms with Gasteiger partial charge in [-0.15, -0.1) is 0 Å². The first-order valence-electron chi connectivity index (χ1n) is 9.58. The SMILES string of the molecule is O=C(NCc1cccnc1-n1cncn1)c1ccccc1Nc1ccc(OC(F)F)cc1. The summed E-state index contributed by atoms with van der Waals surface area (Å²) in [6, 6.07) is 16.6. The van der Waals surface area contributed by atoms with Gasteiger partial charge in [-0.25, -0.2) is 14.6 Å². The zero-order valence-electron chi connectivity index (χ0n) is 16.7. The van der Waals surface area contributed by atoms with Gasteiger partial charge in [0.05, 0.1) is 11.3 Å². The summed E-state index contributed by atoms with van der Waals surface area (Å²) in [4.78, 5) is 21.1. The predicted molar refractivity (Wildman–Crippen MR) is 113 cm³/mol. The molecule has 162 valence electrons. The smallest absolute Gasteiger partial charge is 0.387 e. The molecule has 0 fully saturated rings. The molecule has 0 saturated carbocycles. The molecular formula is C22H18F2N6O2. The van der Waals surface area contributed by atoms with E-state index in [1.807, 2.05) is 6.07 Å². The van der Waals surface area contributed by atoms with Crippen LogP contribution in [0.3, 0.4) is 0 Å². The summed E-state index contributed by atoms with van der Waals surface area (Å²) in [5, 5.41) is 10.1. The number of carbonyl (C=O) groups excluding carboxylic acids is 1. The van der Waals surface area contributed by atoms with E-state index in [-0.39, 0.29) is 18.2 Å². The van der Waals surface area contributed by atoms with Crippen LogP contribution in [0.4, 0.5) is 20.2 Å². The fourth-order valence-corrected chi connectivity index (χ4v) is 3.03. The van der Waals surface area contributed by atoms with E-state index in [0.717, 1.165) is 5.56 Å². The van der Waals surface area contributed by atoms with Crippen LogP contribution in [0.1, 0.15) is 15.9 Å². The molecule has 0 aliphatic heterocycles. The Morgan fingerprint density at radius 1 is 1.06 bits per heavy atom. The quantitative estimate of drug-likeness (QED) is 0.435. The lowest BCUT2D eigenvalue weighted by Crippen LogP contribution is -2.24. The molecule has 0 aliphatic carbocycles. The van der Waals surface area contributed by atoms with E-state index in [2.05, 4.69) is 30.4 Å². The maximum absolute atomic E-state index is 12.9. The first-order valence-corrected chi connectivity index (χ1v) is 9.58. The van der Waals surface area contributed by atoms with E-state index in [1.165, 1.54) is 29.5 Å². The number of amides is 1. The number of aromatic nitrogens is 4. The third-order valence-corrected chi connectivity index (χ3v) is 4.47. The number of benzene rings is 2. The monoisotopic (exact) mass is 436 g/mol. The highest BCUT2D eigenvalue weighted by molar-refractivity contribution is 6.00. The first-order chi connectivity index (χ1) is 15.6. The molecule has 2 N–H and O–H groups in total. The Kier molecular flexibility index (Phi) is 6.30. The van der Waals surface area contributed by atoms with Gasteiger partial charge in [0.25, 0.3) is 5.91 Å². The van der Waals surface area contributed by atoms with Gasteiger partial charge >= 0.3 is 6.61 Å². The minimum absolute atomic E-state index is 0.0521. The molecule has 0 saturated heterocycles. The van der Waals surface area contributed by atoms with E-state index in [9.17, 15) is 13.6 Å². The fraction of sp³-hybridized carbons (Fsp3) is 0.0909. The zero-order valence-corrected chi connectivity index (χ0v) is 16.7. The molecule has 8 nitrogen and oxygen atoms in total. The normalized spacial score (nSPS) is 10.7. The van der Waals surface area contributed by atoms with Crippen molar-refractivity contribution in [1.29, 1.82) is 0 Å². The summed E-state index contributed by atoms with van der Waals surface area (Å²) < 4.78 is 30.5. The number of halogens is 2. The maximum atomic E-state index is 12.9. The standard InChI is InChI=1S/C22H18F2N6O2/c23-22(24)32-17-9-7-16(8-10-17)29-19-6-2-1-5-18(19)21(31)27-12-15-4-3-11-26-20(15)30-14-25-13-28-30/h1-11,13-14,22,29H,12H2,(H,27,31). The second-order valence-electron chi connectivity index (χ2n) is 6.58. The molecule has 2 aromatic carbocycles. The largest absolute Gasteiger partial charge is 0.435 e. The fourth-order valence-electron chi connectivity index (χ4n) is 3.03. The van der Waals surface area contributed by atoms with E-state index < -0.39 is 6.61 Å². The van der Waals surface area contributed by atoms with Gasteiger partial charge in [-0.05, 0) is 42.5 Å². The van der Waals surface area contributed by atoms with Gasteiger partial charge < -0.3 is 15.4 Å². The summed E-state index contributed by atoms with van der Waals surface area (Å²) in [7, 11) is 0. The van der Waals surface area contributed by atoms with Crippen LogP contribution in [0.25, 0.3) is 5.82 Å². The molecule has 32 heavy (non-hydrogen) atoms. The van der Waals surface area contributed by atoms with E-state index in [0.29, 0.717) is 22.8 Å². The summed E-state index contributed by atoms with van der Waals surface area (Å²) in [5.41, 5.74) is 2.38. The third-order valence-electron chi connectivity index (χ3n) is 4.47. The van der Waals surface area contributed by atoms with Crippen molar-refractivity contribution in [2.45, 2.75) is 13.2 Å². The molecule has 4 rings (SSSR count). The van der Waals surface area contributed by atoms with Gasteiger partial charge in [-0.1, -0.05) is 18.2 Å². The zero-order chi connectivity index (χ0) is 22.3. The van der Waals surface area contributed by atoms with Crippen LogP contribution in [-0.4, -0.2) is 32.3 Å². The van der Waals surface area contributed by atoms with Crippen molar-refractivity contribution in [3.8, 4) is 11.6 Å². The van der Waals surface area contributed by atoms with Crippen molar-refractivity contribution >= 4 is 17.3 Å². The number of pyridine rings is 1. The van der Waals surface area contributed by atoms with Gasteiger partial charge in [0, 0.05) is 24.0 Å². The highest BCUT2D eigenvalue weighted by Crippen LogP contribution is 2.24. The van der Waals surface area contributed by atoms with Crippen LogP contribution in [0.15, 0.2) is 79.5 Å². The van der Waals surface area contributed by atoms with Crippen molar-refractivity contribution in [3.05, 3.63) is 90.6 Å². The lowest BCUT2D eigenvalue weighted by atomic mass is 10.1. The first kappa shape index (κ1) is 20.9. The Morgan fingerprint density at radius 3 is 2.62 bits per heavy atom. The van der Waals surface area contributed by atoms with E-state index >= 15 is 0 Å². The number of hydrogen-bond acceptors (Lipinski definition) is 6. The number of rotatable bonds is 8. The number of nitrogens with one attached hydrogen (secondary N) is 2.